The SMILES string of the molecule is C=CC/C=C\C(C)=C/CC/C(C1=CC=CCC1C)=C1\C=CCCC1C. The summed E-state index contributed by atoms with van der Waals surface area (Å²) in [5.41, 5.74) is 6.08. The maximum Gasteiger partial charge on any atom is -0.0153 e. The summed E-state index contributed by atoms with van der Waals surface area (Å²) in [7, 11) is 0. The van der Waals surface area contributed by atoms with Gasteiger partial charge in [0.05, 0.1) is 0 Å². The van der Waals surface area contributed by atoms with Crippen LogP contribution in [0.2, 0.25) is 0 Å². The molecule has 2 aliphatic rings. The molecular weight excluding hydrogens is 300 g/mol. The fourth-order valence-electron chi connectivity index (χ4n) is 3.74. The third-order valence-electron chi connectivity index (χ3n) is 5.27. The topological polar surface area (TPSA) is 0 Å². The average molecular weight is 335 g/mol. The van der Waals surface area contributed by atoms with Crippen molar-refractivity contribution in [3.63, 3.8) is 0 Å². The lowest BCUT2D eigenvalue weighted by molar-refractivity contribution is 0.600. The number of rotatable bonds is 7. The lowest BCUT2D eigenvalue weighted by atomic mass is 9.78. The molecule has 2 rings (SSSR count). The van der Waals surface area contributed by atoms with Crippen molar-refractivity contribution < 1.29 is 0 Å². The minimum Gasteiger partial charge on any atom is -0.103 e. The van der Waals surface area contributed by atoms with Crippen molar-refractivity contribution in [3.8, 4) is 0 Å². The zero-order valence-corrected chi connectivity index (χ0v) is 16.3. The second-order valence-corrected chi connectivity index (χ2v) is 7.42. The summed E-state index contributed by atoms with van der Waals surface area (Å²) in [6.07, 6.45) is 27.2. The molecule has 2 aliphatic carbocycles. The van der Waals surface area contributed by atoms with E-state index in [1.54, 1.807) is 16.7 Å². The molecule has 0 aliphatic heterocycles. The van der Waals surface area contributed by atoms with E-state index in [1.165, 1.54) is 24.8 Å². The Morgan fingerprint density at radius 1 is 1.24 bits per heavy atom. The van der Waals surface area contributed by atoms with Crippen LogP contribution in [0, 0.1) is 11.8 Å². The van der Waals surface area contributed by atoms with E-state index in [-0.39, 0.29) is 0 Å². The Kier molecular flexibility index (Phi) is 7.98. The fourth-order valence-corrected chi connectivity index (χ4v) is 3.74. The Labute approximate surface area is 155 Å². The van der Waals surface area contributed by atoms with Crippen molar-refractivity contribution in [2.24, 2.45) is 11.8 Å². The van der Waals surface area contributed by atoms with Crippen molar-refractivity contribution in [1.29, 1.82) is 0 Å². The molecule has 0 heterocycles. The van der Waals surface area contributed by atoms with Crippen molar-refractivity contribution in [3.05, 3.63) is 83.6 Å². The van der Waals surface area contributed by atoms with Crippen LogP contribution in [0.1, 0.15) is 59.3 Å². The largest absolute Gasteiger partial charge is 0.103 e. The third kappa shape index (κ3) is 5.88. The molecule has 0 aromatic carbocycles. The molecule has 0 aromatic heterocycles. The van der Waals surface area contributed by atoms with Crippen LogP contribution in [0.15, 0.2) is 83.6 Å². The highest BCUT2D eigenvalue weighted by Crippen LogP contribution is 2.36. The van der Waals surface area contributed by atoms with Crippen LogP contribution in [0.5, 0.6) is 0 Å². The molecule has 0 heteroatoms. The molecule has 2 atom stereocenters. The first-order valence-corrected chi connectivity index (χ1v) is 9.84. The van der Waals surface area contributed by atoms with E-state index >= 15 is 0 Å². The van der Waals surface area contributed by atoms with Gasteiger partial charge in [0, 0.05) is 0 Å². The summed E-state index contributed by atoms with van der Waals surface area (Å²) in [6, 6.07) is 0. The van der Waals surface area contributed by atoms with Crippen LogP contribution in [0.25, 0.3) is 0 Å². The zero-order valence-electron chi connectivity index (χ0n) is 16.3. The van der Waals surface area contributed by atoms with E-state index in [4.69, 9.17) is 0 Å². The maximum atomic E-state index is 3.77. The van der Waals surface area contributed by atoms with Crippen molar-refractivity contribution in [2.45, 2.75) is 59.3 Å². The Bertz CT molecular complexity index is 631. The summed E-state index contributed by atoms with van der Waals surface area (Å²) in [5.74, 6) is 1.31. The van der Waals surface area contributed by atoms with Crippen LogP contribution in [-0.4, -0.2) is 0 Å². The first-order valence-electron chi connectivity index (χ1n) is 9.84. The third-order valence-corrected chi connectivity index (χ3v) is 5.27. The van der Waals surface area contributed by atoms with Crippen LogP contribution < -0.4 is 0 Å². The van der Waals surface area contributed by atoms with Gasteiger partial charge >= 0.3 is 0 Å². The maximum absolute atomic E-state index is 3.77. The highest BCUT2D eigenvalue weighted by atomic mass is 14.3. The second kappa shape index (κ2) is 10.2. The van der Waals surface area contributed by atoms with Gasteiger partial charge in [-0.3, -0.25) is 0 Å². The van der Waals surface area contributed by atoms with E-state index < -0.39 is 0 Å². The molecule has 0 nitrogen and oxygen atoms in total. The molecule has 0 saturated heterocycles. The first-order chi connectivity index (χ1) is 12.1. The summed E-state index contributed by atoms with van der Waals surface area (Å²) in [4.78, 5) is 0. The normalized spacial score (nSPS) is 26.0. The monoisotopic (exact) mass is 334 g/mol. The van der Waals surface area contributed by atoms with Crippen LogP contribution in [-0.2, 0) is 0 Å². The van der Waals surface area contributed by atoms with Gasteiger partial charge in [-0.15, -0.1) is 6.58 Å². The van der Waals surface area contributed by atoms with Gasteiger partial charge < -0.3 is 0 Å². The molecule has 0 saturated carbocycles. The average Bonchev–Trinajstić information content (AvgIpc) is 2.61. The number of allylic oxidation sites excluding steroid dienone is 13. The predicted octanol–water partition coefficient (Wildman–Crippen LogP) is 7.65. The summed E-state index contributed by atoms with van der Waals surface area (Å²) in [6.45, 7) is 10.7. The van der Waals surface area contributed by atoms with Gasteiger partial charge in [0.2, 0.25) is 0 Å². The van der Waals surface area contributed by atoms with Gasteiger partial charge in [-0.05, 0) is 74.0 Å². The van der Waals surface area contributed by atoms with E-state index in [0.717, 1.165) is 19.3 Å². The Hall–Kier alpha value is -1.82. The van der Waals surface area contributed by atoms with Crippen molar-refractivity contribution in [1.82, 2.24) is 0 Å². The van der Waals surface area contributed by atoms with Crippen LogP contribution in [0.4, 0.5) is 0 Å². The van der Waals surface area contributed by atoms with E-state index in [0.29, 0.717) is 11.8 Å². The van der Waals surface area contributed by atoms with E-state index in [9.17, 15) is 0 Å². The van der Waals surface area contributed by atoms with E-state index in [2.05, 4.69) is 76.0 Å². The van der Waals surface area contributed by atoms with Gasteiger partial charge in [0.1, 0.15) is 0 Å². The van der Waals surface area contributed by atoms with Crippen molar-refractivity contribution >= 4 is 0 Å². The van der Waals surface area contributed by atoms with Gasteiger partial charge in [-0.25, -0.2) is 0 Å². The van der Waals surface area contributed by atoms with Crippen LogP contribution in [0.3, 0.4) is 0 Å². The number of hydrogen-bond acceptors (Lipinski definition) is 0. The minimum absolute atomic E-state index is 0.632. The smallest absolute Gasteiger partial charge is 0.0153 e. The van der Waals surface area contributed by atoms with Gasteiger partial charge in [-0.1, -0.05) is 74.1 Å². The molecule has 0 bridgehead atoms. The predicted molar refractivity (Wildman–Crippen MR) is 113 cm³/mol. The Balaban J connectivity index is 2.20. The molecule has 0 aromatic rings. The molecule has 2 unspecified atom stereocenters. The standard InChI is InChI=1S/C25H34/c1-5-6-7-13-20(2)14-12-19-25(23-17-10-8-15-21(23)3)24-18-11-9-16-22(24)4/h5,7-8,10-11,13-14,17-18,21-22H,1,6,9,12,15-16,19H2,2-4H3/b13-7-,20-14-,25-24-. The van der Waals surface area contributed by atoms with Crippen LogP contribution >= 0.6 is 0 Å². The summed E-state index contributed by atoms with van der Waals surface area (Å²) >= 11 is 0. The highest BCUT2D eigenvalue weighted by Gasteiger charge is 2.20. The number of hydrogen-bond donors (Lipinski definition) is 0. The molecule has 0 N–H and O–H groups in total. The molecule has 0 spiro atoms. The van der Waals surface area contributed by atoms with Gasteiger partial charge in [0.15, 0.2) is 0 Å². The van der Waals surface area contributed by atoms with Crippen molar-refractivity contribution in [2.75, 3.05) is 0 Å². The first kappa shape index (κ1) is 19.5. The minimum atomic E-state index is 0.632. The van der Waals surface area contributed by atoms with Gasteiger partial charge in [0.25, 0.3) is 0 Å². The second-order valence-electron chi connectivity index (χ2n) is 7.42. The molecule has 0 amide bonds. The highest BCUT2D eigenvalue weighted by molar-refractivity contribution is 5.46. The molecule has 134 valence electrons. The summed E-state index contributed by atoms with van der Waals surface area (Å²) in [5, 5.41) is 0. The molecular formula is C25H34. The Morgan fingerprint density at radius 3 is 2.80 bits per heavy atom. The quantitative estimate of drug-likeness (QED) is 0.331. The lowest BCUT2D eigenvalue weighted by Gasteiger charge is -2.27. The Morgan fingerprint density at radius 2 is 2.08 bits per heavy atom. The molecule has 0 radical (unpaired) electrons. The van der Waals surface area contributed by atoms with Gasteiger partial charge in [-0.2, -0.15) is 0 Å². The molecule has 25 heavy (non-hydrogen) atoms. The van der Waals surface area contributed by atoms with E-state index in [1.807, 2.05) is 6.08 Å². The zero-order chi connectivity index (χ0) is 18.1. The molecule has 0 fully saturated rings. The summed E-state index contributed by atoms with van der Waals surface area (Å²) < 4.78 is 0. The fraction of sp³-hybridized carbons (Fsp3) is 0.440. The lowest BCUT2D eigenvalue weighted by Crippen LogP contribution is -2.11.